The molecule has 0 atom stereocenters. The van der Waals surface area contributed by atoms with Crippen LogP contribution in [0.1, 0.15) is 5.56 Å². The molecule has 0 radical (unpaired) electrons. The van der Waals surface area contributed by atoms with E-state index < -0.39 is 10.0 Å². The molecule has 1 aromatic carbocycles. The summed E-state index contributed by atoms with van der Waals surface area (Å²) in [5, 5.41) is 2.39. The molecule has 0 saturated heterocycles. The van der Waals surface area contributed by atoms with E-state index in [2.05, 4.69) is 5.32 Å². The first-order chi connectivity index (χ1) is 8.91. The third-order valence-electron chi connectivity index (χ3n) is 2.71. The van der Waals surface area contributed by atoms with Crippen molar-refractivity contribution in [3.63, 3.8) is 0 Å². The van der Waals surface area contributed by atoms with Crippen LogP contribution in [0.5, 0.6) is 0 Å². The highest BCUT2D eigenvalue weighted by molar-refractivity contribution is 7.89. The van der Waals surface area contributed by atoms with Crippen molar-refractivity contribution in [2.24, 2.45) is 5.73 Å². The van der Waals surface area contributed by atoms with Gasteiger partial charge in [0.05, 0.1) is 11.4 Å². The number of benzene rings is 1. The van der Waals surface area contributed by atoms with E-state index in [1.807, 2.05) is 0 Å². The van der Waals surface area contributed by atoms with Gasteiger partial charge in [0.25, 0.3) is 0 Å². The summed E-state index contributed by atoms with van der Waals surface area (Å²) in [5.74, 6) is -0.356. The summed E-state index contributed by atoms with van der Waals surface area (Å²) in [6.45, 7) is 0.312. The summed E-state index contributed by atoms with van der Waals surface area (Å²) in [5.41, 5.74) is 6.41. The maximum absolute atomic E-state index is 12.2. The number of rotatable bonds is 6. The van der Waals surface area contributed by atoms with Crippen LogP contribution >= 0.6 is 0 Å². The van der Waals surface area contributed by atoms with Crippen LogP contribution < -0.4 is 11.1 Å². The molecule has 0 aliphatic heterocycles. The molecule has 0 saturated carbocycles. The molecule has 1 amide bonds. The molecule has 0 bridgehead atoms. The topological polar surface area (TPSA) is 92.5 Å². The van der Waals surface area contributed by atoms with E-state index in [-0.39, 0.29) is 17.3 Å². The third kappa shape index (κ3) is 4.02. The second-order valence-electron chi connectivity index (χ2n) is 4.12. The number of likely N-dealkylation sites (N-methyl/N-ethyl adjacent to an activating group) is 2. The molecule has 19 heavy (non-hydrogen) atoms. The van der Waals surface area contributed by atoms with Gasteiger partial charge in [-0.3, -0.25) is 4.79 Å². The van der Waals surface area contributed by atoms with E-state index in [4.69, 9.17) is 5.73 Å². The first-order valence-electron chi connectivity index (χ1n) is 5.87. The van der Waals surface area contributed by atoms with Crippen LogP contribution in [0.3, 0.4) is 0 Å². The summed E-state index contributed by atoms with van der Waals surface area (Å²) in [6, 6.07) is 6.52. The molecule has 1 aromatic rings. The van der Waals surface area contributed by atoms with Crippen molar-refractivity contribution < 1.29 is 13.2 Å². The monoisotopic (exact) mass is 285 g/mol. The average molecular weight is 285 g/mol. The molecule has 0 unspecified atom stereocenters. The van der Waals surface area contributed by atoms with E-state index in [9.17, 15) is 13.2 Å². The first kappa shape index (κ1) is 15.6. The van der Waals surface area contributed by atoms with Gasteiger partial charge in [-0.05, 0) is 30.7 Å². The predicted octanol–water partition coefficient (Wildman–Crippen LogP) is -0.446. The fourth-order valence-electron chi connectivity index (χ4n) is 1.54. The van der Waals surface area contributed by atoms with Gasteiger partial charge in [0, 0.05) is 14.1 Å². The van der Waals surface area contributed by atoms with Crippen molar-refractivity contribution in [1.29, 1.82) is 0 Å². The number of nitrogens with two attached hydrogens (primary N) is 1. The lowest BCUT2D eigenvalue weighted by molar-refractivity contribution is -0.120. The maximum atomic E-state index is 12.2. The SMILES string of the molecule is CNC(=O)CN(C)S(=O)(=O)c1ccc(CCN)cc1. The zero-order valence-corrected chi connectivity index (χ0v) is 11.9. The van der Waals surface area contributed by atoms with Crippen LogP contribution in [-0.4, -0.2) is 45.8 Å². The number of hydrogen-bond donors (Lipinski definition) is 2. The van der Waals surface area contributed by atoms with Crippen LogP contribution in [0.15, 0.2) is 29.2 Å². The zero-order chi connectivity index (χ0) is 14.5. The molecule has 3 N–H and O–H groups in total. The Hall–Kier alpha value is -1.44. The fourth-order valence-corrected chi connectivity index (χ4v) is 2.67. The molecule has 7 heteroatoms. The Balaban J connectivity index is 2.90. The standard InChI is InChI=1S/C12H19N3O3S/c1-14-12(16)9-15(2)19(17,18)11-5-3-10(4-6-11)7-8-13/h3-6H,7-9,13H2,1-2H3,(H,14,16). The predicted molar refractivity (Wildman–Crippen MR) is 73.1 cm³/mol. The van der Waals surface area contributed by atoms with Crippen LogP contribution in [0.2, 0.25) is 0 Å². The molecule has 106 valence electrons. The number of carbonyl (C=O) groups is 1. The highest BCUT2D eigenvalue weighted by atomic mass is 32.2. The van der Waals surface area contributed by atoms with Crippen molar-refractivity contribution in [3.05, 3.63) is 29.8 Å². The molecule has 0 spiro atoms. The Labute approximate surface area is 113 Å². The molecule has 6 nitrogen and oxygen atoms in total. The largest absolute Gasteiger partial charge is 0.358 e. The molecule has 0 fully saturated rings. The molecule has 0 aliphatic rings. The number of carbonyl (C=O) groups excluding carboxylic acids is 1. The van der Waals surface area contributed by atoms with Gasteiger partial charge >= 0.3 is 0 Å². The Morgan fingerprint density at radius 2 is 1.89 bits per heavy atom. The van der Waals surface area contributed by atoms with Crippen LogP contribution in [0.4, 0.5) is 0 Å². The third-order valence-corrected chi connectivity index (χ3v) is 4.53. The van der Waals surface area contributed by atoms with Gasteiger partial charge in [0.1, 0.15) is 0 Å². The van der Waals surface area contributed by atoms with Crippen molar-refractivity contribution in [1.82, 2.24) is 9.62 Å². The number of hydrogen-bond acceptors (Lipinski definition) is 4. The van der Waals surface area contributed by atoms with Crippen LogP contribution in [-0.2, 0) is 21.2 Å². The second kappa shape index (κ2) is 6.65. The number of amides is 1. The van der Waals surface area contributed by atoms with Gasteiger partial charge in [0.2, 0.25) is 15.9 Å². The lowest BCUT2D eigenvalue weighted by Gasteiger charge is -2.16. The molecular weight excluding hydrogens is 266 g/mol. The Morgan fingerprint density at radius 1 is 1.32 bits per heavy atom. The Bertz CT molecular complexity index is 526. The van der Waals surface area contributed by atoms with Crippen LogP contribution in [0, 0.1) is 0 Å². The minimum atomic E-state index is -3.63. The molecule has 0 aliphatic carbocycles. The lowest BCUT2D eigenvalue weighted by Crippen LogP contribution is -2.36. The lowest BCUT2D eigenvalue weighted by atomic mass is 10.2. The van der Waals surface area contributed by atoms with Crippen molar-refractivity contribution in [2.45, 2.75) is 11.3 Å². The van der Waals surface area contributed by atoms with Gasteiger partial charge in [-0.15, -0.1) is 0 Å². The summed E-state index contributed by atoms with van der Waals surface area (Å²) in [4.78, 5) is 11.4. The zero-order valence-electron chi connectivity index (χ0n) is 11.1. The normalized spacial score (nSPS) is 11.6. The van der Waals surface area contributed by atoms with Gasteiger partial charge < -0.3 is 11.1 Å². The summed E-state index contributed by atoms with van der Waals surface area (Å²) < 4.78 is 25.4. The van der Waals surface area contributed by atoms with Gasteiger partial charge in [-0.1, -0.05) is 12.1 Å². The quantitative estimate of drug-likeness (QED) is 0.740. The fraction of sp³-hybridized carbons (Fsp3) is 0.417. The number of sulfonamides is 1. The molecular formula is C12H19N3O3S. The van der Waals surface area contributed by atoms with E-state index >= 15 is 0 Å². The van der Waals surface area contributed by atoms with Crippen molar-refractivity contribution >= 4 is 15.9 Å². The van der Waals surface area contributed by atoms with Crippen molar-refractivity contribution in [3.8, 4) is 0 Å². The summed E-state index contributed by atoms with van der Waals surface area (Å²) >= 11 is 0. The Kier molecular flexibility index (Phi) is 5.46. The van der Waals surface area contributed by atoms with E-state index in [1.165, 1.54) is 26.2 Å². The summed E-state index contributed by atoms with van der Waals surface area (Å²) in [6.07, 6.45) is 0.703. The molecule has 1 rings (SSSR count). The average Bonchev–Trinajstić information content (AvgIpc) is 2.39. The highest BCUT2D eigenvalue weighted by Gasteiger charge is 2.22. The number of nitrogens with zero attached hydrogens (tertiary/aromatic N) is 1. The second-order valence-corrected chi connectivity index (χ2v) is 6.16. The maximum Gasteiger partial charge on any atom is 0.243 e. The number of nitrogens with one attached hydrogen (secondary N) is 1. The smallest absolute Gasteiger partial charge is 0.243 e. The molecule has 0 heterocycles. The van der Waals surface area contributed by atoms with E-state index in [0.717, 1.165) is 9.87 Å². The van der Waals surface area contributed by atoms with E-state index in [0.29, 0.717) is 13.0 Å². The Morgan fingerprint density at radius 3 is 2.37 bits per heavy atom. The minimum Gasteiger partial charge on any atom is -0.358 e. The van der Waals surface area contributed by atoms with Gasteiger partial charge in [-0.25, -0.2) is 8.42 Å². The van der Waals surface area contributed by atoms with Gasteiger partial charge in [0.15, 0.2) is 0 Å². The first-order valence-corrected chi connectivity index (χ1v) is 7.31. The van der Waals surface area contributed by atoms with E-state index in [1.54, 1.807) is 12.1 Å². The van der Waals surface area contributed by atoms with Crippen molar-refractivity contribution in [2.75, 3.05) is 27.2 Å². The molecule has 0 aromatic heterocycles. The highest BCUT2D eigenvalue weighted by Crippen LogP contribution is 2.15. The summed E-state index contributed by atoms with van der Waals surface area (Å²) in [7, 11) is -0.799. The van der Waals surface area contributed by atoms with Crippen LogP contribution in [0.25, 0.3) is 0 Å². The van der Waals surface area contributed by atoms with Gasteiger partial charge in [-0.2, -0.15) is 4.31 Å². The minimum absolute atomic E-state index is 0.166.